The van der Waals surface area contributed by atoms with Crippen molar-refractivity contribution in [1.29, 1.82) is 0 Å². The number of rotatable bonds is 4. The summed E-state index contributed by atoms with van der Waals surface area (Å²) in [5.74, 6) is 0.682. The summed E-state index contributed by atoms with van der Waals surface area (Å²) in [6, 6.07) is 10.9. The van der Waals surface area contributed by atoms with E-state index in [1.807, 2.05) is 31.2 Å². The molecule has 0 aliphatic carbocycles. The third kappa shape index (κ3) is 4.32. The van der Waals surface area contributed by atoms with Crippen molar-refractivity contribution in [3.63, 3.8) is 0 Å². The van der Waals surface area contributed by atoms with E-state index in [1.54, 1.807) is 24.1 Å². The SMILES string of the molecule is CCc1c(C(=O)N2CCOc3ccc(-c4cnc5nc(C)[nH]c5c4)cc3C2)ccc(S(C)=O)c1F. The Labute approximate surface area is 204 Å². The number of amides is 1. The average Bonchev–Trinajstić information content (AvgIpc) is 3.08. The summed E-state index contributed by atoms with van der Waals surface area (Å²) in [4.78, 5) is 27.3. The highest BCUT2D eigenvalue weighted by Crippen LogP contribution is 2.31. The van der Waals surface area contributed by atoms with Crippen LogP contribution in [0.4, 0.5) is 4.39 Å². The van der Waals surface area contributed by atoms with Crippen LogP contribution >= 0.6 is 0 Å². The molecule has 4 aromatic rings. The molecule has 0 saturated carbocycles. The molecular weight excluding hydrogens is 467 g/mol. The highest BCUT2D eigenvalue weighted by molar-refractivity contribution is 7.84. The number of hydrogen-bond donors (Lipinski definition) is 1. The van der Waals surface area contributed by atoms with Crippen molar-refractivity contribution >= 4 is 27.9 Å². The normalized spacial score (nSPS) is 14.3. The lowest BCUT2D eigenvalue weighted by Crippen LogP contribution is -2.33. The number of aromatic nitrogens is 3. The zero-order chi connectivity index (χ0) is 24.7. The van der Waals surface area contributed by atoms with Gasteiger partial charge >= 0.3 is 0 Å². The molecule has 0 spiro atoms. The van der Waals surface area contributed by atoms with Crippen LogP contribution in [0.15, 0.2) is 47.5 Å². The summed E-state index contributed by atoms with van der Waals surface area (Å²) in [5.41, 5.74) is 4.83. The Hall–Kier alpha value is -3.59. The van der Waals surface area contributed by atoms with Crippen LogP contribution < -0.4 is 4.74 Å². The second-order valence-electron chi connectivity index (χ2n) is 8.53. The van der Waals surface area contributed by atoms with Crippen LogP contribution in [0.25, 0.3) is 22.3 Å². The first-order chi connectivity index (χ1) is 16.9. The van der Waals surface area contributed by atoms with Crippen molar-refractivity contribution in [3.05, 3.63) is 70.9 Å². The van der Waals surface area contributed by atoms with Gasteiger partial charge in [0.15, 0.2) is 5.65 Å². The maximum Gasteiger partial charge on any atom is 0.254 e. The number of imidazole rings is 1. The minimum atomic E-state index is -1.47. The second-order valence-corrected chi connectivity index (χ2v) is 9.87. The van der Waals surface area contributed by atoms with E-state index in [-0.39, 0.29) is 16.4 Å². The number of benzene rings is 2. The third-order valence-corrected chi connectivity index (χ3v) is 7.15. The molecular formula is C26H25FN4O3S. The summed E-state index contributed by atoms with van der Waals surface area (Å²) >= 11 is 0. The van der Waals surface area contributed by atoms with Crippen LogP contribution in [0.2, 0.25) is 0 Å². The minimum Gasteiger partial charge on any atom is -0.491 e. The number of hydrogen-bond acceptors (Lipinski definition) is 5. The molecule has 0 saturated heterocycles. The van der Waals surface area contributed by atoms with Crippen LogP contribution in [0.3, 0.4) is 0 Å². The van der Waals surface area contributed by atoms with Crippen molar-refractivity contribution in [1.82, 2.24) is 19.9 Å². The number of halogens is 1. The van der Waals surface area contributed by atoms with E-state index in [1.165, 1.54) is 12.3 Å². The van der Waals surface area contributed by atoms with Crippen LogP contribution in [-0.4, -0.2) is 49.4 Å². The molecule has 2 aromatic carbocycles. The first-order valence-corrected chi connectivity index (χ1v) is 12.9. The Morgan fingerprint density at radius 1 is 1.23 bits per heavy atom. The molecule has 1 aliphatic rings. The van der Waals surface area contributed by atoms with Gasteiger partial charge in [-0.1, -0.05) is 13.0 Å². The lowest BCUT2D eigenvalue weighted by Gasteiger charge is -2.22. The zero-order valence-corrected chi connectivity index (χ0v) is 20.5. The number of aryl methyl sites for hydroxylation is 1. The minimum absolute atomic E-state index is 0.116. The molecule has 1 atom stereocenters. The maximum atomic E-state index is 15.0. The largest absolute Gasteiger partial charge is 0.491 e. The number of H-pyrrole nitrogens is 1. The highest BCUT2D eigenvalue weighted by atomic mass is 32.2. The third-order valence-electron chi connectivity index (χ3n) is 6.22. The van der Waals surface area contributed by atoms with Gasteiger partial charge in [0.2, 0.25) is 0 Å². The molecule has 2 aromatic heterocycles. The number of nitrogens with one attached hydrogen (secondary N) is 1. The van der Waals surface area contributed by atoms with Crippen LogP contribution in [0, 0.1) is 12.7 Å². The first-order valence-electron chi connectivity index (χ1n) is 11.4. The van der Waals surface area contributed by atoms with Crippen molar-refractivity contribution < 1.29 is 18.1 Å². The first kappa shape index (κ1) is 23.2. The second kappa shape index (κ2) is 9.22. The number of nitrogens with zero attached hydrogens (tertiary/aromatic N) is 3. The highest BCUT2D eigenvalue weighted by Gasteiger charge is 2.25. The standard InChI is InChI=1S/C26H25FN4O3S/c1-4-19-20(6-8-23(24(19)27)35(3)33)26(32)31-9-10-34-22-7-5-16(11-18(22)14-31)17-12-21-25(28-13-17)30-15(2)29-21/h5-8,11-13H,4,9-10,14H2,1-3H3,(H,28,29,30). The Bertz CT molecular complexity index is 1480. The summed E-state index contributed by atoms with van der Waals surface area (Å²) in [6.07, 6.45) is 3.53. The molecule has 5 rings (SSSR count). The van der Waals surface area contributed by atoms with Gasteiger partial charge in [0.05, 0.1) is 27.8 Å². The van der Waals surface area contributed by atoms with E-state index in [0.717, 1.165) is 28.0 Å². The summed E-state index contributed by atoms with van der Waals surface area (Å²) < 4.78 is 32.8. The number of carbonyl (C=O) groups excluding carboxylic acids is 1. The number of carbonyl (C=O) groups is 1. The fourth-order valence-corrected chi connectivity index (χ4v) is 5.10. The van der Waals surface area contributed by atoms with E-state index in [9.17, 15) is 13.4 Å². The lowest BCUT2D eigenvalue weighted by molar-refractivity contribution is 0.0731. The molecule has 7 nitrogen and oxygen atoms in total. The van der Waals surface area contributed by atoms with Gasteiger partial charge in [0.25, 0.3) is 5.91 Å². The molecule has 0 radical (unpaired) electrons. The molecule has 1 aliphatic heterocycles. The van der Waals surface area contributed by atoms with Crippen LogP contribution in [0.1, 0.15) is 34.2 Å². The number of ether oxygens (including phenoxy) is 1. The maximum absolute atomic E-state index is 15.0. The number of aromatic amines is 1. The van der Waals surface area contributed by atoms with Gasteiger partial charge in [-0.05, 0) is 49.2 Å². The molecule has 0 bridgehead atoms. The number of pyridine rings is 1. The van der Waals surface area contributed by atoms with E-state index < -0.39 is 16.6 Å². The molecule has 1 unspecified atom stereocenters. The predicted octanol–water partition coefficient (Wildman–Crippen LogP) is 4.41. The fourth-order valence-electron chi connectivity index (χ4n) is 4.46. The van der Waals surface area contributed by atoms with Crippen LogP contribution in [0.5, 0.6) is 5.75 Å². The molecule has 35 heavy (non-hydrogen) atoms. The summed E-state index contributed by atoms with van der Waals surface area (Å²) in [6.45, 7) is 4.71. The van der Waals surface area contributed by atoms with Gasteiger partial charge in [-0.2, -0.15) is 0 Å². The Kier molecular flexibility index (Phi) is 6.10. The average molecular weight is 493 g/mol. The Morgan fingerprint density at radius 2 is 2.06 bits per heavy atom. The Balaban J connectivity index is 1.47. The molecule has 1 N–H and O–H groups in total. The van der Waals surface area contributed by atoms with Gasteiger partial charge in [-0.3, -0.25) is 9.00 Å². The van der Waals surface area contributed by atoms with Crippen molar-refractivity contribution in [2.75, 3.05) is 19.4 Å². The summed E-state index contributed by atoms with van der Waals surface area (Å²) in [5, 5.41) is 0. The monoisotopic (exact) mass is 492 g/mol. The summed E-state index contributed by atoms with van der Waals surface area (Å²) in [7, 11) is -1.47. The fraction of sp³-hybridized carbons (Fsp3) is 0.269. The van der Waals surface area contributed by atoms with Gasteiger partial charge in [0, 0.05) is 41.3 Å². The van der Waals surface area contributed by atoms with Crippen LogP contribution in [-0.2, 0) is 23.8 Å². The van der Waals surface area contributed by atoms with E-state index in [2.05, 4.69) is 15.0 Å². The molecule has 9 heteroatoms. The number of fused-ring (bicyclic) bond motifs is 2. The van der Waals surface area contributed by atoms with E-state index in [0.29, 0.717) is 43.1 Å². The van der Waals surface area contributed by atoms with Gasteiger partial charge in [0.1, 0.15) is 24.0 Å². The van der Waals surface area contributed by atoms with Gasteiger partial charge in [-0.15, -0.1) is 0 Å². The molecule has 180 valence electrons. The van der Waals surface area contributed by atoms with Crippen molar-refractivity contribution in [2.24, 2.45) is 0 Å². The Morgan fingerprint density at radius 3 is 2.83 bits per heavy atom. The predicted molar refractivity (Wildman–Crippen MR) is 132 cm³/mol. The molecule has 1 amide bonds. The lowest BCUT2D eigenvalue weighted by atomic mass is 10.0. The van der Waals surface area contributed by atoms with Crippen molar-refractivity contribution in [2.45, 2.75) is 31.7 Å². The molecule has 0 fully saturated rings. The van der Waals surface area contributed by atoms with E-state index >= 15 is 0 Å². The van der Waals surface area contributed by atoms with Gasteiger partial charge in [-0.25, -0.2) is 14.4 Å². The van der Waals surface area contributed by atoms with Gasteiger partial charge < -0.3 is 14.6 Å². The zero-order valence-electron chi connectivity index (χ0n) is 19.7. The van der Waals surface area contributed by atoms with E-state index in [4.69, 9.17) is 4.74 Å². The topological polar surface area (TPSA) is 88.2 Å². The van der Waals surface area contributed by atoms with Crippen molar-refractivity contribution in [3.8, 4) is 16.9 Å². The molecule has 3 heterocycles. The smallest absolute Gasteiger partial charge is 0.254 e. The quantitative estimate of drug-likeness (QED) is 0.456.